The van der Waals surface area contributed by atoms with Crippen LogP contribution in [0.25, 0.3) is 10.9 Å². The highest BCUT2D eigenvalue weighted by Crippen LogP contribution is 2.47. The van der Waals surface area contributed by atoms with Gasteiger partial charge in [-0.2, -0.15) is 0 Å². The zero-order chi connectivity index (χ0) is 31.1. The summed E-state index contributed by atoms with van der Waals surface area (Å²) in [5, 5.41) is 0.510. The second kappa shape index (κ2) is 11.0. The van der Waals surface area contributed by atoms with Crippen molar-refractivity contribution in [2.24, 2.45) is 11.5 Å². The van der Waals surface area contributed by atoms with Gasteiger partial charge in [-0.25, -0.2) is 8.78 Å². The molecule has 2 unspecified atom stereocenters. The van der Waals surface area contributed by atoms with Crippen LogP contribution in [0.2, 0.25) is 0 Å². The molecule has 10 nitrogen and oxygen atoms in total. The van der Waals surface area contributed by atoms with Crippen LogP contribution in [0.1, 0.15) is 17.0 Å². The Bertz CT molecular complexity index is 1810. The average Bonchev–Trinajstić information content (AvgIpc) is 2.98. The van der Waals surface area contributed by atoms with E-state index in [9.17, 15) is 18.8 Å². The molecule has 0 saturated heterocycles. The van der Waals surface area contributed by atoms with Crippen molar-refractivity contribution in [2.45, 2.75) is 11.5 Å². The molecule has 2 heterocycles. The van der Waals surface area contributed by atoms with Gasteiger partial charge in [-0.05, 0) is 47.5 Å². The van der Waals surface area contributed by atoms with Crippen LogP contribution in [0.3, 0.4) is 0 Å². The van der Waals surface area contributed by atoms with Gasteiger partial charge in [0.05, 0.1) is 31.2 Å². The molecule has 2 atom stereocenters. The monoisotopic (exact) mass is 588 g/mol. The molecular weight excluding hydrogens is 562 g/mol. The Balaban J connectivity index is 1.64. The number of ether oxygens (including phenoxy) is 3. The van der Waals surface area contributed by atoms with E-state index in [1.54, 1.807) is 18.2 Å². The maximum Gasteiger partial charge on any atom is 0.253 e. The number of nitrogens with zero attached hydrogens (tertiary/aromatic N) is 2. The Morgan fingerprint density at radius 3 is 2.19 bits per heavy atom. The largest absolute Gasteiger partial charge is 0.493 e. The fraction of sp³-hybridized carbons (Fsp3) is 0.161. The van der Waals surface area contributed by atoms with Gasteiger partial charge in [0.15, 0.2) is 34.4 Å². The molecule has 0 aliphatic carbocycles. The van der Waals surface area contributed by atoms with E-state index >= 15 is 4.39 Å². The van der Waals surface area contributed by atoms with Crippen LogP contribution < -0.4 is 25.7 Å². The SMILES string of the molecule is COc1cc2nccc(Oc3ccc(C4(C(N)=O)C(c5ccc(F)cc5)C(=O)C(C(N)=O)=CN4C)cc3F)c2cc1OC. The van der Waals surface area contributed by atoms with E-state index in [4.69, 9.17) is 25.7 Å². The molecule has 220 valence electrons. The predicted octanol–water partition coefficient (Wildman–Crippen LogP) is 3.67. The number of methoxy groups -OCH3 is 2. The Hall–Kier alpha value is -5.52. The molecule has 1 aliphatic rings. The summed E-state index contributed by atoms with van der Waals surface area (Å²) in [5.41, 5.74) is 9.64. The van der Waals surface area contributed by atoms with Crippen LogP contribution >= 0.6 is 0 Å². The normalized spacial score (nSPS) is 18.3. The van der Waals surface area contributed by atoms with Crippen LogP contribution in [0.5, 0.6) is 23.0 Å². The molecule has 1 aromatic heterocycles. The standard InChI is InChI=1S/C31H26F2N4O6/c1-37-15-20(29(34)39)28(38)27(16-4-7-18(32)8-5-16)31(37,30(35)40)17-6-9-24(21(33)12-17)43-23-10-11-36-22-14-26(42-3)25(41-2)13-19(22)23/h4-15,27H,1-3H3,(H2,34,39)(H2,35,40). The quantitative estimate of drug-likeness (QED) is 0.297. The molecule has 4 N–H and O–H groups in total. The van der Waals surface area contributed by atoms with Gasteiger partial charge in [0.25, 0.3) is 5.91 Å². The fourth-order valence-electron chi connectivity index (χ4n) is 5.45. The van der Waals surface area contributed by atoms with Crippen LogP contribution in [0.4, 0.5) is 8.78 Å². The highest BCUT2D eigenvalue weighted by Gasteiger charge is 2.56. The van der Waals surface area contributed by atoms with Gasteiger partial charge in [-0.1, -0.05) is 18.2 Å². The minimum Gasteiger partial charge on any atom is -0.493 e. The number of aromatic nitrogens is 1. The number of rotatable bonds is 8. The number of benzene rings is 3. The van der Waals surface area contributed by atoms with Crippen LogP contribution in [0, 0.1) is 11.6 Å². The number of hydrogen-bond acceptors (Lipinski definition) is 8. The molecule has 4 aromatic rings. The smallest absolute Gasteiger partial charge is 0.253 e. The third-order valence-electron chi connectivity index (χ3n) is 7.47. The third kappa shape index (κ3) is 4.76. The number of fused-ring (bicyclic) bond motifs is 1. The second-order valence-corrected chi connectivity index (χ2v) is 9.78. The number of Topliss-reactive ketones (excluding diaryl/α,β-unsaturated/α-hetero) is 1. The summed E-state index contributed by atoms with van der Waals surface area (Å²) in [5.74, 6) is -4.93. The van der Waals surface area contributed by atoms with Crippen molar-refractivity contribution in [1.82, 2.24) is 9.88 Å². The van der Waals surface area contributed by atoms with Crippen LogP contribution in [0.15, 0.2) is 78.6 Å². The lowest BCUT2D eigenvalue weighted by Crippen LogP contribution is -2.60. The topological polar surface area (TPSA) is 147 Å². The Kier molecular flexibility index (Phi) is 7.45. The summed E-state index contributed by atoms with van der Waals surface area (Å²) >= 11 is 0. The summed E-state index contributed by atoms with van der Waals surface area (Å²) in [4.78, 5) is 44.7. The number of hydrogen-bond donors (Lipinski definition) is 2. The molecule has 12 heteroatoms. The minimum absolute atomic E-state index is 0.0132. The molecule has 3 aromatic carbocycles. The van der Waals surface area contributed by atoms with Crippen LogP contribution in [-0.4, -0.2) is 48.7 Å². The molecule has 0 saturated carbocycles. The predicted molar refractivity (Wildman–Crippen MR) is 151 cm³/mol. The first-order valence-electron chi connectivity index (χ1n) is 12.9. The minimum atomic E-state index is -2.03. The highest BCUT2D eigenvalue weighted by atomic mass is 19.1. The van der Waals surface area contributed by atoms with Gasteiger partial charge >= 0.3 is 0 Å². The van der Waals surface area contributed by atoms with Crippen molar-refractivity contribution >= 4 is 28.5 Å². The van der Waals surface area contributed by atoms with Gasteiger partial charge in [-0.15, -0.1) is 0 Å². The van der Waals surface area contributed by atoms with Gasteiger partial charge in [-0.3, -0.25) is 19.4 Å². The van der Waals surface area contributed by atoms with Crippen molar-refractivity contribution in [3.63, 3.8) is 0 Å². The van der Waals surface area contributed by atoms with E-state index in [2.05, 4.69) is 4.98 Å². The summed E-state index contributed by atoms with van der Waals surface area (Å²) in [6.45, 7) is 0. The van der Waals surface area contributed by atoms with Gasteiger partial charge in [0, 0.05) is 30.9 Å². The highest BCUT2D eigenvalue weighted by molar-refractivity contribution is 6.23. The molecule has 0 spiro atoms. The number of pyridine rings is 1. The van der Waals surface area contributed by atoms with E-state index in [0.29, 0.717) is 22.4 Å². The maximum atomic E-state index is 15.8. The maximum absolute atomic E-state index is 15.8. The first kappa shape index (κ1) is 29.0. The number of primary amides is 2. The number of likely N-dealkylation sites (N-methyl/N-ethyl adjacent to an activating group) is 1. The van der Waals surface area contributed by atoms with Crippen molar-refractivity contribution < 1.29 is 37.4 Å². The van der Waals surface area contributed by atoms with Crippen LogP contribution in [-0.2, 0) is 19.9 Å². The third-order valence-corrected chi connectivity index (χ3v) is 7.47. The number of carbonyl (C=O) groups excluding carboxylic acids is 3. The van der Waals surface area contributed by atoms with Gasteiger partial charge in [0.2, 0.25) is 5.91 Å². The fourth-order valence-corrected chi connectivity index (χ4v) is 5.45. The molecule has 2 amide bonds. The molecule has 5 rings (SSSR count). The first-order chi connectivity index (χ1) is 20.5. The second-order valence-electron chi connectivity index (χ2n) is 9.78. The van der Waals surface area contributed by atoms with Crippen molar-refractivity contribution in [3.05, 3.63) is 101 Å². The molecular formula is C31H26F2N4O6. The molecule has 0 radical (unpaired) electrons. The van der Waals surface area contributed by atoms with E-state index < -0.39 is 46.3 Å². The molecule has 1 aliphatic heterocycles. The molecule has 43 heavy (non-hydrogen) atoms. The molecule has 0 fully saturated rings. The number of amides is 2. The van der Waals surface area contributed by atoms with Crippen molar-refractivity contribution in [3.8, 4) is 23.0 Å². The Morgan fingerprint density at radius 1 is 0.907 bits per heavy atom. The zero-order valence-corrected chi connectivity index (χ0v) is 23.3. The summed E-state index contributed by atoms with van der Waals surface area (Å²) in [7, 11) is 4.37. The lowest BCUT2D eigenvalue weighted by Gasteiger charge is -2.47. The lowest BCUT2D eigenvalue weighted by molar-refractivity contribution is -0.138. The van der Waals surface area contributed by atoms with Gasteiger partial charge < -0.3 is 30.6 Å². The molecule has 0 bridgehead atoms. The van der Waals surface area contributed by atoms with Crippen molar-refractivity contribution in [2.75, 3.05) is 21.3 Å². The number of halogens is 2. The Labute approximate surface area is 244 Å². The number of carbonyl (C=O) groups is 3. The number of ketones is 1. The first-order valence-corrected chi connectivity index (χ1v) is 12.9. The van der Waals surface area contributed by atoms with E-state index in [1.807, 2.05) is 0 Å². The summed E-state index contributed by atoms with van der Waals surface area (Å²) < 4.78 is 46.3. The zero-order valence-electron chi connectivity index (χ0n) is 23.3. The van der Waals surface area contributed by atoms with E-state index in [0.717, 1.165) is 24.4 Å². The number of nitrogens with two attached hydrogens (primary N) is 2. The van der Waals surface area contributed by atoms with Crippen molar-refractivity contribution in [1.29, 1.82) is 0 Å². The van der Waals surface area contributed by atoms with E-state index in [1.165, 1.54) is 56.6 Å². The average molecular weight is 589 g/mol. The van der Waals surface area contributed by atoms with Gasteiger partial charge in [0.1, 0.15) is 11.6 Å². The lowest BCUT2D eigenvalue weighted by atomic mass is 9.67. The summed E-state index contributed by atoms with van der Waals surface area (Å²) in [6, 6.07) is 13.3. The Morgan fingerprint density at radius 2 is 1.58 bits per heavy atom. The summed E-state index contributed by atoms with van der Waals surface area (Å²) in [6.07, 6.45) is 2.58. The van der Waals surface area contributed by atoms with E-state index in [-0.39, 0.29) is 22.6 Å².